The molecule has 3 nitrogen and oxygen atoms in total. The van der Waals surface area contributed by atoms with Gasteiger partial charge >= 0.3 is 0 Å². The molecule has 0 radical (unpaired) electrons. The van der Waals surface area contributed by atoms with Gasteiger partial charge in [0.15, 0.2) is 5.78 Å². The van der Waals surface area contributed by atoms with Crippen molar-refractivity contribution in [2.24, 2.45) is 23.2 Å². The summed E-state index contributed by atoms with van der Waals surface area (Å²) in [5.41, 5.74) is 2.24. The molecule has 4 bridgehead atoms. The average Bonchev–Trinajstić information content (AvgIpc) is 2.94. The molecule has 4 saturated carbocycles. The monoisotopic (exact) mass is 390 g/mol. The lowest BCUT2D eigenvalue weighted by atomic mass is 9.48. The summed E-state index contributed by atoms with van der Waals surface area (Å²) in [5.74, 6) is 2.92. The van der Waals surface area contributed by atoms with E-state index in [1.54, 1.807) is 0 Å². The van der Waals surface area contributed by atoms with Crippen LogP contribution in [0, 0.1) is 23.2 Å². The number of likely N-dealkylation sites (N-methyl/N-ethyl adjacent to an activating group) is 1. The van der Waals surface area contributed by atoms with Crippen molar-refractivity contribution in [3.05, 3.63) is 36.0 Å². The molecule has 29 heavy (non-hydrogen) atoms. The molecule has 0 amide bonds. The van der Waals surface area contributed by atoms with Crippen molar-refractivity contribution in [3.8, 4) is 0 Å². The van der Waals surface area contributed by atoms with Gasteiger partial charge in [0.25, 0.3) is 0 Å². The second-order valence-corrected chi connectivity index (χ2v) is 10.9. The summed E-state index contributed by atoms with van der Waals surface area (Å²) in [6, 6.07) is 9.15. The van der Waals surface area contributed by atoms with Gasteiger partial charge in [-0.25, -0.2) is 0 Å². The maximum absolute atomic E-state index is 14.1. The molecule has 1 aromatic carbocycles. The molecule has 1 aliphatic heterocycles. The van der Waals surface area contributed by atoms with Crippen molar-refractivity contribution in [2.75, 3.05) is 20.1 Å². The quantitative estimate of drug-likeness (QED) is 0.628. The van der Waals surface area contributed by atoms with Crippen LogP contribution in [0.25, 0.3) is 10.9 Å². The van der Waals surface area contributed by atoms with Gasteiger partial charge in [0, 0.05) is 40.7 Å². The minimum absolute atomic E-state index is 0.0516. The summed E-state index contributed by atoms with van der Waals surface area (Å²) in [4.78, 5) is 16.6. The van der Waals surface area contributed by atoms with Gasteiger partial charge in [-0.1, -0.05) is 24.6 Å². The van der Waals surface area contributed by atoms with Gasteiger partial charge in [-0.3, -0.25) is 4.79 Å². The predicted octanol–water partition coefficient (Wildman–Crippen LogP) is 5.70. The standard InChI is InChI=1S/C26H34N2O/c1-27-9-5-4-6-21(16-27)28-17-23(22-7-2-3-8-24(22)28)25(29)26-13-18-10-19(14-26)12-20(11-18)15-26/h2-3,7-8,17-21H,4-6,9-16H2,1H3/t18?,19?,20?,21-,26?/m1/s1. The molecule has 1 atom stereocenters. The van der Waals surface area contributed by atoms with Gasteiger partial charge in [-0.2, -0.15) is 0 Å². The van der Waals surface area contributed by atoms with Crippen LogP contribution in [0.2, 0.25) is 0 Å². The lowest BCUT2D eigenvalue weighted by Gasteiger charge is -2.55. The van der Waals surface area contributed by atoms with Gasteiger partial charge in [0.05, 0.1) is 0 Å². The minimum Gasteiger partial charge on any atom is -0.342 e. The maximum atomic E-state index is 14.1. The number of carbonyl (C=O) groups excluding carboxylic acids is 1. The highest BCUT2D eigenvalue weighted by molar-refractivity contribution is 6.11. The molecular weight excluding hydrogens is 356 g/mol. The second kappa shape index (κ2) is 6.70. The van der Waals surface area contributed by atoms with Crippen molar-refractivity contribution in [3.63, 3.8) is 0 Å². The third-order valence-electron chi connectivity index (χ3n) is 8.75. The van der Waals surface area contributed by atoms with Gasteiger partial charge < -0.3 is 9.47 Å². The van der Waals surface area contributed by atoms with E-state index in [4.69, 9.17) is 0 Å². The number of rotatable bonds is 3. The van der Waals surface area contributed by atoms with Crippen molar-refractivity contribution >= 4 is 16.7 Å². The van der Waals surface area contributed by atoms with Crippen LogP contribution in [-0.2, 0) is 0 Å². The fourth-order valence-corrected chi connectivity index (χ4v) is 7.89. The number of hydrogen-bond donors (Lipinski definition) is 0. The Morgan fingerprint density at radius 1 is 1.00 bits per heavy atom. The molecule has 2 heterocycles. The first-order valence-electron chi connectivity index (χ1n) is 11.9. The summed E-state index contributed by atoms with van der Waals surface area (Å²) in [6.07, 6.45) is 13.7. The topological polar surface area (TPSA) is 25.2 Å². The van der Waals surface area contributed by atoms with E-state index < -0.39 is 0 Å². The number of para-hydroxylation sites is 1. The number of Topliss-reactive ketones (excluding diaryl/α,β-unsaturated/α-hetero) is 1. The molecule has 0 spiro atoms. The molecule has 4 aliphatic carbocycles. The largest absolute Gasteiger partial charge is 0.342 e. The fraction of sp³-hybridized carbons (Fsp3) is 0.654. The minimum atomic E-state index is -0.0516. The molecule has 3 heteroatoms. The zero-order valence-corrected chi connectivity index (χ0v) is 17.8. The predicted molar refractivity (Wildman–Crippen MR) is 117 cm³/mol. The Morgan fingerprint density at radius 3 is 2.41 bits per heavy atom. The van der Waals surface area contributed by atoms with Crippen LogP contribution in [0.15, 0.2) is 30.5 Å². The highest BCUT2D eigenvalue weighted by atomic mass is 16.1. The molecule has 154 valence electrons. The first-order valence-corrected chi connectivity index (χ1v) is 11.9. The fourth-order valence-electron chi connectivity index (χ4n) is 7.89. The molecule has 0 N–H and O–H groups in total. The Labute approximate surface area is 174 Å². The summed E-state index contributed by atoms with van der Waals surface area (Å²) >= 11 is 0. The van der Waals surface area contributed by atoms with Crippen molar-refractivity contribution in [1.29, 1.82) is 0 Å². The van der Waals surface area contributed by atoms with Crippen LogP contribution in [0.4, 0.5) is 0 Å². The molecular formula is C26H34N2O. The third kappa shape index (κ3) is 2.91. The Morgan fingerprint density at radius 2 is 1.69 bits per heavy atom. The smallest absolute Gasteiger partial charge is 0.171 e. The molecule has 0 unspecified atom stereocenters. The first-order chi connectivity index (χ1) is 14.1. The van der Waals surface area contributed by atoms with Crippen LogP contribution >= 0.6 is 0 Å². The molecule has 1 aromatic heterocycles. The molecule has 5 aliphatic rings. The maximum Gasteiger partial charge on any atom is 0.171 e. The van der Waals surface area contributed by atoms with E-state index in [0.29, 0.717) is 11.8 Å². The van der Waals surface area contributed by atoms with Crippen LogP contribution < -0.4 is 0 Å². The highest BCUT2D eigenvalue weighted by Crippen LogP contribution is 2.61. The summed E-state index contributed by atoms with van der Waals surface area (Å²) in [5, 5.41) is 1.19. The Hall–Kier alpha value is -1.61. The van der Waals surface area contributed by atoms with Crippen molar-refractivity contribution < 1.29 is 4.79 Å². The lowest BCUT2D eigenvalue weighted by molar-refractivity contribution is -0.0352. The second-order valence-electron chi connectivity index (χ2n) is 10.9. The molecule has 5 fully saturated rings. The van der Waals surface area contributed by atoms with E-state index in [-0.39, 0.29) is 5.41 Å². The number of ketones is 1. The Balaban J connectivity index is 1.41. The number of likely N-dealkylation sites (tertiary alicyclic amines) is 1. The van der Waals surface area contributed by atoms with E-state index >= 15 is 0 Å². The SMILES string of the molecule is CN1CCCC[C@@H](n2cc(C(=O)C34CC5CC(CC(C5)C3)C4)c3ccccc32)C1. The Bertz CT molecular complexity index is 906. The van der Waals surface area contributed by atoms with Gasteiger partial charge in [-0.15, -0.1) is 0 Å². The zero-order valence-electron chi connectivity index (χ0n) is 17.8. The number of aromatic nitrogens is 1. The number of carbonyl (C=O) groups is 1. The van der Waals surface area contributed by atoms with Crippen LogP contribution in [0.5, 0.6) is 0 Å². The number of hydrogen-bond acceptors (Lipinski definition) is 2. The van der Waals surface area contributed by atoms with Crippen LogP contribution in [-0.4, -0.2) is 35.4 Å². The van der Waals surface area contributed by atoms with E-state index in [0.717, 1.165) is 49.1 Å². The summed E-state index contributed by atoms with van der Waals surface area (Å²) in [6.45, 7) is 2.28. The van der Waals surface area contributed by atoms with Gasteiger partial charge in [0.1, 0.15) is 0 Å². The molecule has 7 rings (SSSR count). The molecule has 1 saturated heterocycles. The Kier molecular flexibility index (Phi) is 4.20. The first kappa shape index (κ1) is 18.2. The molecule has 2 aromatic rings. The van der Waals surface area contributed by atoms with Gasteiger partial charge in [0.2, 0.25) is 0 Å². The third-order valence-corrected chi connectivity index (χ3v) is 8.75. The van der Waals surface area contributed by atoms with Crippen molar-refractivity contribution in [1.82, 2.24) is 9.47 Å². The van der Waals surface area contributed by atoms with Gasteiger partial charge in [-0.05, 0) is 88.8 Å². The number of nitrogens with zero attached hydrogens (tertiary/aromatic N) is 2. The number of fused-ring (bicyclic) bond motifs is 1. The number of benzene rings is 1. The lowest BCUT2D eigenvalue weighted by Crippen LogP contribution is -2.50. The van der Waals surface area contributed by atoms with E-state index in [1.807, 2.05) is 0 Å². The van der Waals surface area contributed by atoms with Crippen LogP contribution in [0.3, 0.4) is 0 Å². The summed E-state index contributed by atoms with van der Waals surface area (Å²) in [7, 11) is 2.24. The highest BCUT2D eigenvalue weighted by Gasteiger charge is 2.54. The van der Waals surface area contributed by atoms with Crippen LogP contribution in [0.1, 0.15) is 74.2 Å². The van der Waals surface area contributed by atoms with Crippen molar-refractivity contribution in [2.45, 2.75) is 63.8 Å². The summed E-state index contributed by atoms with van der Waals surface area (Å²) < 4.78 is 2.46. The average molecular weight is 391 g/mol. The normalized spacial score (nSPS) is 37.1. The van der Waals surface area contributed by atoms with E-state index in [9.17, 15) is 4.79 Å². The van der Waals surface area contributed by atoms with E-state index in [2.05, 4.69) is 47.0 Å². The zero-order chi connectivity index (χ0) is 19.6. The van der Waals surface area contributed by atoms with E-state index in [1.165, 1.54) is 56.0 Å².